The zero-order valence-electron chi connectivity index (χ0n) is 17.0. The normalized spacial score (nSPS) is 14.0. The molecular weight excluding hydrogens is 403 g/mol. The molecule has 2 aromatic carbocycles. The Balaban J connectivity index is 1.57. The van der Waals surface area contributed by atoms with Gasteiger partial charge in [-0.2, -0.15) is 5.10 Å². The Hall–Kier alpha value is -2.70. The van der Waals surface area contributed by atoms with Crippen LogP contribution in [0.15, 0.2) is 48.5 Å². The summed E-state index contributed by atoms with van der Waals surface area (Å²) in [6.07, 6.45) is 2.66. The second-order valence-electron chi connectivity index (χ2n) is 7.73. The summed E-state index contributed by atoms with van der Waals surface area (Å²) < 4.78 is 15.1. The van der Waals surface area contributed by atoms with Crippen LogP contribution < -0.4 is 5.32 Å². The Morgan fingerprint density at radius 2 is 1.93 bits per heavy atom. The summed E-state index contributed by atoms with van der Waals surface area (Å²) in [6.45, 7) is 0.410. The molecule has 0 saturated heterocycles. The van der Waals surface area contributed by atoms with Crippen LogP contribution in [0, 0.1) is 5.82 Å². The number of benzene rings is 2. The molecule has 3 aromatic rings. The van der Waals surface area contributed by atoms with Crippen molar-refractivity contribution in [3.05, 3.63) is 81.9 Å². The number of nitrogens with one attached hydrogen (secondary N) is 1. The lowest BCUT2D eigenvalue weighted by molar-refractivity contribution is 0.0935. The number of carbonyl (C=O) groups excluding carboxylic acids is 1. The van der Waals surface area contributed by atoms with Crippen LogP contribution in [-0.4, -0.2) is 41.2 Å². The molecule has 1 aliphatic carbocycles. The van der Waals surface area contributed by atoms with Crippen molar-refractivity contribution in [3.8, 4) is 5.69 Å². The van der Waals surface area contributed by atoms with Gasteiger partial charge in [-0.25, -0.2) is 9.07 Å². The zero-order valence-corrected chi connectivity index (χ0v) is 17.8. The van der Waals surface area contributed by atoms with Crippen molar-refractivity contribution in [2.45, 2.75) is 25.3 Å². The minimum Gasteiger partial charge on any atom is -0.349 e. The number of carbonyl (C=O) groups is 1. The predicted molar refractivity (Wildman–Crippen MR) is 116 cm³/mol. The highest BCUT2D eigenvalue weighted by atomic mass is 35.5. The van der Waals surface area contributed by atoms with E-state index < -0.39 is 0 Å². The van der Waals surface area contributed by atoms with Crippen molar-refractivity contribution in [2.24, 2.45) is 0 Å². The van der Waals surface area contributed by atoms with E-state index in [-0.39, 0.29) is 17.8 Å². The molecule has 30 heavy (non-hydrogen) atoms. The van der Waals surface area contributed by atoms with Gasteiger partial charge in [-0.1, -0.05) is 29.8 Å². The average Bonchev–Trinajstić information content (AvgIpc) is 3.32. The number of rotatable bonds is 6. The smallest absolute Gasteiger partial charge is 0.272 e. The van der Waals surface area contributed by atoms with Crippen LogP contribution in [0.3, 0.4) is 0 Å². The largest absolute Gasteiger partial charge is 0.349 e. The lowest BCUT2D eigenvalue weighted by Crippen LogP contribution is -2.35. The first-order valence-electron chi connectivity index (χ1n) is 10.0. The molecule has 156 valence electrons. The van der Waals surface area contributed by atoms with E-state index in [1.54, 1.807) is 16.8 Å². The molecule has 4 rings (SSSR count). The molecule has 0 radical (unpaired) electrons. The maximum atomic E-state index is 13.3. The molecular formula is C23H24ClFN4O. The molecule has 0 aliphatic heterocycles. The minimum atomic E-state index is -0.296. The monoisotopic (exact) mass is 426 g/mol. The number of fused-ring (bicyclic) bond motifs is 1. The molecule has 1 atom stereocenters. The van der Waals surface area contributed by atoms with Gasteiger partial charge in [-0.05, 0) is 69.3 Å². The summed E-state index contributed by atoms with van der Waals surface area (Å²) in [5, 5.41) is 8.29. The van der Waals surface area contributed by atoms with E-state index in [0.29, 0.717) is 17.3 Å². The van der Waals surface area contributed by atoms with Crippen LogP contribution >= 0.6 is 11.6 Å². The van der Waals surface area contributed by atoms with Crippen LogP contribution in [-0.2, 0) is 12.8 Å². The SMILES string of the molecule is CN(C)C(CNC(=O)c1nn(-c2ccc(F)cc2)c2c1CCC2)c1ccccc1Cl. The Labute approximate surface area is 180 Å². The number of amides is 1. The van der Waals surface area contributed by atoms with Crippen molar-refractivity contribution >= 4 is 17.5 Å². The van der Waals surface area contributed by atoms with Crippen LogP contribution in [0.25, 0.3) is 5.69 Å². The summed E-state index contributed by atoms with van der Waals surface area (Å²) in [7, 11) is 3.92. The van der Waals surface area contributed by atoms with E-state index >= 15 is 0 Å². The third-order valence-electron chi connectivity index (χ3n) is 5.56. The van der Waals surface area contributed by atoms with E-state index in [4.69, 9.17) is 11.6 Å². The first kappa shape index (κ1) is 20.6. The number of likely N-dealkylation sites (N-methyl/N-ethyl adjacent to an activating group) is 1. The number of hydrogen-bond acceptors (Lipinski definition) is 3. The molecule has 0 spiro atoms. The van der Waals surface area contributed by atoms with E-state index in [0.717, 1.165) is 41.8 Å². The fourth-order valence-electron chi connectivity index (χ4n) is 4.00. The molecule has 5 nitrogen and oxygen atoms in total. The molecule has 1 amide bonds. The number of hydrogen-bond donors (Lipinski definition) is 1. The number of halogens is 2. The third kappa shape index (κ3) is 3.98. The number of nitrogens with zero attached hydrogens (tertiary/aromatic N) is 3. The van der Waals surface area contributed by atoms with E-state index in [9.17, 15) is 9.18 Å². The van der Waals surface area contributed by atoms with Crippen molar-refractivity contribution in [2.75, 3.05) is 20.6 Å². The van der Waals surface area contributed by atoms with Crippen molar-refractivity contribution in [1.29, 1.82) is 0 Å². The maximum absolute atomic E-state index is 13.3. The zero-order chi connectivity index (χ0) is 21.3. The molecule has 0 bridgehead atoms. The Morgan fingerprint density at radius 3 is 2.63 bits per heavy atom. The van der Waals surface area contributed by atoms with Gasteiger partial charge in [0.2, 0.25) is 0 Å². The average molecular weight is 427 g/mol. The van der Waals surface area contributed by atoms with Gasteiger partial charge in [0.1, 0.15) is 5.82 Å². The molecule has 0 saturated carbocycles. The summed E-state index contributed by atoms with van der Waals surface area (Å²) >= 11 is 6.37. The molecule has 1 heterocycles. The van der Waals surface area contributed by atoms with Crippen molar-refractivity contribution < 1.29 is 9.18 Å². The first-order chi connectivity index (χ1) is 14.5. The van der Waals surface area contributed by atoms with Gasteiger partial charge >= 0.3 is 0 Å². The Kier molecular flexibility index (Phi) is 5.88. The topological polar surface area (TPSA) is 50.2 Å². The van der Waals surface area contributed by atoms with Crippen LogP contribution in [0.1, 0.15) is 39.8 Å². The highest BCUT2D eigenvalue weighted by Gasteiger charge is 2.27. The second kappa shape index (κ2) is 8.58. The van der Waals surface area contributed by atoms with Gasteiger partial charge < -0.3 is 10.2 Å². The highest BCUT2D eigenvalue weighted by Crippen LogP contribution is 2.29. The minimum absolute atomic E-state index is 0.0603. The maximum Gasteiger partial charge on any atom is 0.272 e. The summed E-state index contributed by atoms with van der Waals surface area (Å²) in [5.41, 5.74) is 4.18. The van der Waals surface area contributed by atoms with Gasteiger partial charge in [0.15, 0.2) is 5.69 Å². The molecule has 1 aromatic heterocycles. The van der Waals surface area contributed by atoms with E-state index in [1.165, 1.54) is 12.1 Å². The van der Waals surface area contributed by atoms with E-state index in [2.05, 4.69) is 10.4 Å². The third-order valence-corrected chi connectivity index (χ3v) is 5.90. The molecule has 1 aliphatic rings. The van der Waals surface area contributed by atoms with Crippen LogP contribution in [0.4, 0.5) is 4.39 Å². The standard InChI is InChI=1S/C23H24ClFN4O/c1-28(2)21(17-6-3-4-8-19(17)24)14-26-23(30)22-18-7-5-9-20(18)29(27-22)16-12-10-15(25)11-13-16/h3-4,6,8,10-13,21H,5,7,9,14H2,1-2H3,(H,26,30). The fourth-order valence-corrected chi connectivity index (χ4v) is 4.27. The quantitative estimate of drug-likeness (QED) is 0.643. The van der Waals surface area contributed by atoms with Gasteiger partial charge in [-0.3, -0.25) is 4.79 Å². The Morgan fingerprint density at radius 1 is 1.20 bits per heavy atom. The van der Waals surface area contributed by atoms with Crippen LogP contribution in [0.5, 0.6) is 0 Å². The van der Waals surface area contributed by atoms with E-state index in [1.807, 2.05) is 43.3 Å². The lowest BCUT2D eigenvalue weighted by Gasteiger charge is -2.25. The lowest BCUT2D eigenvalue weighted by atomic mass is 10.1. The van der Waals surface area contributed by atoms with Crippen molar-refractivity contribution in [3.63, 3.8) is 0 Å². The molecule has 1 unspecified atom stereocenters. The summed E-state index contributed by atoms with van der Waals surface area (Å²) in [5.74, 6) is -0.497. The first-order valence-corrected chi connectivity index (χ1v) is 10.4. The number of aromatic nitrogens is 2. The van der Waals surface area contributed by atoms with Gasteiger partial charge in [0, 0.05) is 22.8 Å². The van der Waals surface area contributed by atoms with Gasteiger partial charge in [0.25, 0.3) is 5.91 Å². The fraction of sp³-hybridized carbons (Fsp3) is 0.304. The van der Waals surface area contributed by atoms with Gasteiger partial charge in [-0.15, -0.1) is 0 Å². The van der Waals surface area contributed by atoms with Crippen molar-refractivity contribution in [1.82, 2.24) is 20.0 Å². The molecule has 0 fully saturated rings. The summed E-state index contributed by atoms with van der Waals surface area (Å²) in [4.78, 5) is 15.1. The highest BCUT2D eigenvalue weighted by molar-refractivity contribution is 6.31. The predicted octanol–water partition coefficient (Wildman–Crippen LogP) is 4.19. The van der Waals surface area contributed by atoms with Gasteiger partial charge in [0.05, 0.1) is 11.7 Å². The Bertz CT molecular complexity index is 1060. The second-order valence-corrected chi connectivity index (χ2v) is 8.13. The molecule has 1 N–H and O–H groups in total. The summed E-state index contributed by atoms with van der Waals surface area (Å²) in [6, 6.07) is 13.8. The molecule has 7 heteroatoms. The van der Waals surface area contributed by atoms with Crippen LogP contribution in [0.2, 0.25) is 5.02 Å².